The first-order valence-corrected chi connectivity index (χ1v) is 9.83. The number of Topliss-reactive ketones (excluding diaryl/α,β-unsaturated/α-hetero) is 2. The summed E-state index contributed by atoms with van der Waals surface area (Å²) in [5.74, 6) is -1.09. The van der Waals surface area contributed by atoms with Gasteiger partial charge in [-0.05, 0) is 37.0 Å². The Labute approximate surface area is 160 Å². The van der Waals surface area contributed by atoms with Crippen LogP contribution in [0, 0.1) is 34.5 Å². The lowest BCUT2D eigenvalue weighted by Crippen LogP contribution is -2.63. The molecule has 0 saturated heterocycles. The number of hydrogen-bond acceptors (Lipinski definition) is 6. The molecule has 6 heteroatoms. The van der Waals surface area contributed by atoms with Crippen LogP contribution < -0.4 is 0 Å². The van der Waals surface area contributed by atoms with Gasteiger partial charge in [-0.3, -0.25) is 19.2 Å². The molecule has 3 rings (SSSR count). The molecular formula is C21H30O6. The lowest BCUT2D eigenvalue weighted by molar-refractivity contribution is -0.192. The highest BCUT2D eigenvalue weighted by atomic mass is 16.5. The van der Waals surface area contributed by atoms with Crippen LogP contribution in [0.4, 0.5) is 0 Å². The van der Waals surface area contributed by atoms with E-state index in [0.29, 0.717) is 5.92 Å². The van der Waals surface area contributed by atoms with Gasteiger partial charge in [0.05, 0.1) is 12.5 Å². The third-order valence-corrected chi connectivity index (χ3v) is 7.30. The Morgan fingerprint density at radius 1 is 1.11 bits per heavy atom. The number of fused-ring (bicyclic) bond motifs is 3. The average molecular weight is 378 g/mol. The monoisotopic (exact) mass is 378 g/mol. The van der Waals surface area contributed by atoms with E-state index in [4.69, 9.17) is 9.47 Å². The summed E-state index contributed by atoms with van der Waals surface area (Å²) in [4.78, 5) is 50.2. The molecule has 3 aliphatic rings. The van der Waals surface area contributed by atoms with Crippen LogP contribution in [0.25, 0.3) is 0 Å². The highest BCUT2D eigenvalue weighted by Crippen LogP contribution is 2.62. The first kappa shape index (κ1) is 20.0. The van der Waals surface area contributed by atoms with Crippen molar-refractivity contribution in [3.63, 3.8) is 0 Å². The van der Waals surface area contributed by atoms with E-state index in [0.717, 1.165) is 12.8 Å². The van der Waals surface area contributed by atoms with E-state index >= 15 is 0 Å². The normalized spacial score (nSPS) is 44.1. The molecule has 7 atom stereocenters. The maximum atomic E-state index is 13.3. The van der Waals surface area contributed by atoms with Gasteiger partial charge in [0.2, 0.25) is 0 Å². The molecule has 2 unspecified atom stereocenters. The van der Waals surface area contributed by atoms with Gasteiger partial charge in [-0.25, -0.2) is 0 Å². The molecular weight excluding hydrogens is 348 g/mol. The third-order valence-electron chi connectivity index (χ3n) is 7.30. The van der Waals surface area contributed by atoms with Crippen molar-refractivity contribution < 1.29 is 28.7 Å². The van der Waals surface area contributed by atoms with Gasteiger partial charge in [0, 0.05) is 38.0 Å². The molecule has 3 fully saturated rings. The van der Waals surface area contributed by atoms with E-state index in [9.17, 15) is 19.2 Å². The second-order valence-corrected chi connectivity index (χ2v) is 9.41. The Balaban J connectivity index is 2.06. The summed E-state index contributed by atoms with van der Waals surface area (Å²) in [6.45, 7) is 7.19. The molecule has 6 nitrogen and oxygen atoms in total. The van der Waals surface area contributed by atoms with E-state index in [-0.39, 0.29) is 54.7 Å². The summed E-state index contributed by atoms with van der Waals surface area (Å²) in [5.41, 5.74) is -1.75. The van der Waals surface area contributed by atoms with Crippen LogP contribution in [0.2, 0.25) is 0 Å². The zero-order valence-corrected chi connectivity index (χ0v) is 16.9. The Morgan fingerprint density at radius 2 is 1.78 bits per heavy atom. The molecule has 0 spiro atoms. The number of rotatable bonds is 2. The molecule has 0 aromatic rings. The van der Waals surface area contributed by atoms with E-state index in [1.54, 1.807) is 6.92 Å². The molecule has 0 bridgehead atoms. The molecule has 0 aliphatic heterocycles. The highest BCUT2D eigenvalue weighted by molar-refractivity contribution is 5.97. The number of hydrogen-bond donors (Lipinski definition) is 0. The Hall–Kier alpha value is -1.72. The average Bonchev–Trinajstić information content (AvgIpc) is 2.53. The highest BCUT2D eigenvalue weighted by Gasteiger charge is 2.66. The fourth-order valence-electron chi connectivity index (χ4n) is 6.59. The maximum absolute atomic E-state index is 13.3. The van der Waals surface area contributed by atoms with Crippen LogP contribution >= 0.6 is 0 Å². The summed E-state index contributed by atoms with van der Waals surface area (Å²) >= 11 is 0. The van der Waals surface area contributed by atoms with E-state index in [1.807, 2.05) is 6.92 Å². The Kier molecular flexibility index (Phi) is 4.98. The van der Waals surface area contributed by atoms with E-state index in [1.165, 1.54) is 14.0 Å². The third kappa shape index (κ3) is 3.11. The summed E-state index contributed by atoms with van der Waals surface area (Å²) in [7, 11) is 1.31. The predicted molar refractivity (Wildman–Crippen MR) is 96.5 cm³/mol. The second-order valence-electron chi connectivity index (χ2n) is 9.41. The number of carbonyl (C=O) groups excluding carboxylic acids is 4. The van der Waals surface area contributed by atoms with Gasteiger partial charge < -0.3 is 9.47 Å². The number of ether oxygens (including phenoxy) is 2. The van der Waals surface area contributed by atoms with Crippen molar-refractivity contribution >= 4 is 23.5 Å². The van der Waals surface area contributed by atoms with Gasteiger partial charge in [0.25, 0.3) is 0 Å². The lowest BCUT2D eigenvalue weighted by atomic mass is 9.43. The van der Waals surface area contributed by atoms with Gasteiger partial charge in [-0.2, -0.15) is 0 Å². The zero-order chi connectivity index (χ0) is 20.1. The smallest absolute Gasteiger partial charge is 0.312 e. The molecule has 27 heavy (non-hydrogen) atoms. The van der Waals surface area contributed by atoms with Crippen LogP contribution in [0.5, 0.6) is 0 Å². The molecule has 0 heterocycles. The zero-order valence-electron chi connectivity index (χ0n) is 16.9. The topological polar surface area (TPSA) is 86.7 Å². The van der Waals surface area contributed by atoms with Crippen LogP contribution in [0.15, 0.2) is 0 Å². The standard InChI is InChI=1S/C21H30O6/c1-11-6-15-14(17(7-11)27-12(2)22)8-16(24)18-20(15,3)9-13(23)10-21(18,4)19(25)26-5/h11,14-15,17-18H,6-10H2,1-5H3/t11-,14+,15?,17-,18?,20+,21-/m1/s1. The summed E-state index contributed by atoms with van der Waals surface area (Å²) in [6, 6.07) is 0. The molecule has 150 valence electrons. The predicted octanol–water partition coefficient (Wildman–Crippen LogP) is 2.72. The van der Waals surface area contributed by atoms with E-state index < -0.39 is 22.7 Å². The molecule has 3 saturated carbocycles. The first-order chi connectivity index (χ1) is 12.5. The summed E-state index contributed by atoms with van der Waals surface area (Å²) in [6.07, 6.45) is 1.92. The molecule has 0 aromatic carbocycles. The number of methoxy groups -OCH3 is 1. The molecule has 0 radical (unpaired) electrons. The van der Waals surface area contributed by atoms with Crippen LogP contribution in [-0.4, -0.2) is 36.7 Å². The molecule has 3 aliphatic carbocycles. The molecule has 0 amide bonds. The fraction of sp³-hybridized carbons (Fsp3) is 0.810. The van der Waals surface area contributed by atoms with Gasteiger partial charge in [0.15, 0.2) is 0 Å². The van der Waals surface area contributed by atoms with Gasteiger partial charge >= 0.3 is 11.9 Å². The SMILES string of the molecule is COC(=O)[C@]1(C)CC(=O)C[C@@]2(C)C3C[C@@H](C)C[C@@H](OC(C)=O)[C@H]3CC(=O)C21. The van der Waals surface area contributed by atoms with Crippen molar-refractivity contribution in [2.24, 2.45) is 34.5 Å². The molecule has 0 N–H and O–H groups in total. The minimum Gasteiger partial charge on any atom is -0.469 e. The van der Waals surface area contributed by atoms with Crippen molar-refractivity contribution in [3.05, 3.63) is 0 Å². The van der Waals surface area contributed by atoms with Gasteiger partial charge in [-0.15, -0.1) is 0 Å². The lowest BCUT2D eigenvalue weighted by Gasteiger charge is -2.60. The van der Waals surface area contributed by atoms with Crippen LogP contribution in [0.3, 0.4) is 0 Å². The Bertz CT molecular complexity index is 684. The first-order valence-electron chi connectivity index (χ1n) is 9.83. The maximum Gasteiger partial charge on any atom is 0.312 e. The fourth-order valence-corrected chi connectivity index (χ4v) is 6.59. The number of esters is 2. The molecule has 0 aromatic heterocycles. The van der Waals surface area contributed by atoms with E-state index in [2.05, 4.69) is 6.92 Å². The quantitative estimate of drug-likeness (QED) is 0.687. The second kappa shape index (κ2) is 6.71. The van der Waals surface area contributed by atoms with Crippen LogP contribution in [0.1, 0.15) is 59.8 Å². The van der Waals surface area contributed by atoms with Gasteiger partial charge in [0.1, 0.15) is 17.7 Å². The van der Waals surface area contributed by atoms with Crippen LogP contribution in [-0.2, 0) is 28.7 Å². The van der Waals surface area contributed by atoms with Crippen molar-refractivity contribution in [3.8, 4) is 0 Å². The van der Waals surface area contributed by atoms with Gasteiger partial charge in [-0.1, -0.05) is 13.8 Å². The Morgan fingerprint density at radius 3 is 2.37 bits per heavy atom. The van der Waals surface area contributed by atoms with Crippen molar-refractivity contribution in [1.29, 1.82) is 0 Å². The minimum atomic E-state index is -1.13. The van der Waals surface area contributed by atoms with Crippen molar-refractivity contribution in [1.82, 2.24) is 0 Å². The number of ketones is 2. The minimum absolute atomic E-state index is 0.00244. The largest absolute Gasteiger partial charge is 0.469 e. The van der Waals surface area contributed by atoms with Crippen molar-refractivity contribution in [2.45, 2.75) is 65.9 Å². The number of carbonyl (C=O) groups is 4. The van der Waals surface area contributed by atoms with Crippen molar-refractivity contribution in [2.75, 3.05) is 7.11 Å². The summed E-state index contributed by atoms with van der Waals surface area (Å²) in [5, 5.41) is 0. The summed E-state index contributed by atoms with van der Waals surface area (Å²) < 4.78 is 10.6.